The Balaban J connectivity index is 2.15. The lowest BCUT2D eigenvalue weighted by molar-refractivity contribution is -0.200. The van der Waals surface area contributed by atoms with Crippen LogP contribution in [-0.4, -0.2) is 23.4 Å². The standard InChI is InChI=1S/C13H13F3O3/c14-13(15,16)11(7-12(17)18)19-10-5-4-8-2-1-3-9(8)6-10/h4-6,11H,1-3,7H2,(H,17,18). The molecule has 1 aliphatic carbocycles. The summed E-state index contributed by atoms with van der Waals surface area (Å²) in [5, 5.41) is 8.50. The van der Waals surface area contributed by atoms with Crippen LogP contribution in [-0.2, 0) is 17.6 Å². The SMILES string of the molecule is O=C(O)CC(Oc1ccc2c(c1)CCC2)C(F)(F)F. The molecular weight excluding hydrogens is 261 g/mol. The molecule has 6 heteroatoms. The van der Waals surface area contributed by atoms with Gasteiger partial charge in [-0.3, -0.25) is 4.79 Å². The Morgan fingerprint density at radius 3 is 2.63 bits per heavy atom. The van der Waals surface area contributed by atoms with E-state index in [1.807, 2.05) is 0 Å². The zero-order chi connectivity index (χ0) is 14.0. The van der Waals surface area contributed by atoms with E-state index in [1.54, 1.807) is 12.1 Å². The first-order valence-corrected chi connectivity index (χ1v) is 5.93. The van der Waals surface area contributed by atoms with Gasteiger partial charge in [-0.15, -0.1) is 0 Å². The molecule has 1 aromatic rings. The largest absolute Gasteiger partial charge is 0.481 e. The van der Waals surface area contributed by atoms with E-state index < -0.39 is 24.7 Å². The van der Waals surface area contributed by atoms with Crippen LogP contribution in [0.15, 0.2) is 18.2 Å². The molecule has 1 aliphatic rings. The number of aliphatic carboxylic acids is 1. The van der Waals surface area contributed by atoms with Gasteiger partial charge in [0.15, 0.2) is 0 Å². The first-order valence-electron chi connectivity index (χ1n) is 5.93. The van der Waals surface area contributed by atoms with Crippen LogP contribution in [0.5, 0.6) is 5.75 Å². The van der Waals surface area contributed by atoms with Crippen LogP contribution >= 0.6 is 0 Å². The van der Waals surface area contributed by atoms with Crippen LogP contribution in [0.3, 0.4) is 0 Å². The average Bonchev–Trinajstić information content (AvgIpc) is 2.73. The van der Waals surface area contributed by atoms with Crippen molar-refractivity contribution >= 4 is 5.97 Å². The van der Waals surface area contributed by atoms with E-state index >= 15 is 0 Å². The zero-order valence-corrected chi connectivity index (χ0v) is 10.0. The minimum Gasteiger partial charge on any atom is -0.481 e. The Hall–Kier alpha value is -1.72. The molecule has 0 bridgehead atoms. The third-order valence-corrected chi connectivity index (χ3v) is 3.07. The lowest BCUT2D eigenvalue weighted by Crippen LogP contribution is -2.36. The molecule has 2 rings (SSSR count). The molecule has 1 aromatic carbocycles. The number of carboxylic acids is 1. The molecule has 0 aromatic heterocycles. The van der Waals surface area contributed by atoms with Gasteiger partial charge in [0.1, 0.15) is 5.75 Å². The van der Waals surface area contributed by atoms with Crippen molar-refractivity contribution in [3.63, 3.8) is 0 Å². The van der Waals surface area contributed by atoms with Crippen molar-refractivity contribution in [1.82, 2.24) is 0 Å². The summed E-state index contributed by atoms with van der Waals surface area (Å²) in [5.74, 6) is -1.47. The Kier molecular flexibility index (Phi) is 3.68. The quantitative estimate of drug-likeness (QED) is 0.918. The summed E-state index contributed by atoms with van der Waals surface area (Å²) in [6, 6.07) is 4.78. The Labute approximate surface area is 108 Å². The number of carbonyl (C=O) groups is 1. The fourth-order valence-electron chi connectivity index (χ4n) is 2.17. The normalized spacial score (nSPS) is 15.9. The summed E-state index contributed by atoms with van der Waals surface area (Å²) < 4.78 is 42.8. The van der Waals surface area contributed by atoms with E-state index in [0.717, 1.165) is 30.4 Å². The first kappa shape index (κ1) is 13.7. The van der Waals surface area contributed by atoms with Crippen molar-refractivity contribution in [2.45, 2.75) is 38.0 Å². The van der Waals surface area contributed by atoms with Gasteiger partial charge in [-0.1, -0.05) is 6.07 Å². The molecule has 104 valence electrons. The van der Waals surface area contributed by atoms with Gasteiger partial charge in [-0.25, -0.2) is 0 Å². The highest BCUT2D eigenvalue weighted by molar-refractivity contribution is 5.67. The van der Waals surface area contributed by atoms with Crippen molar-refractivity contribution in [3.8, 4) is 5.75 Å². The number of rotatable bonds is 4. The number of halogens is 3. The van der Waals surface area contributed by atoms with E-state index in [0.29, 0.717) is 0 Å². The van der Waals surface area contributed by atoms with E-state index in [4.69, 9.17) is 9.84 Å². The van der Waals surface area contributed by atoms with E-state index in [-0.39, 0.29) is 5.75 Å². The lowest BCUT2D eigenvalue weighted by atomic mass is 10.1. The van der Waals surface area contributed by atoms with Gasteiger partial charge in [-0.2, -0.15) is 13.2 Å². The number of ether oxygens (including phenoxy) is 1. The van der Waals surface area contributed by atoms with Crippen molar-refractivity contribution in [2.24, 2.45) is 0 Å². The predicted molar refractivity (Wildman–Crippen MR) is 61.2 cm³/mol. The molecule has 0 saturated heterocycles. The van der Waals surface area contributed by atoms with Crippen LogP contribution in [0.1, 0.15) is 24.0 Å². The van der Waals surface area contributed by atoms with Gasteiger partial charge in [0.2, 0.25) is 6.10 Å². The van der Waals surface area contributed by atoms with Gasteiger partial charge in [0, 0.05) is 0 Å². The van der Waals surface area contributed by atoms with Gasteiger partial charge < -0.3 is 9.84 Å². The van der Waals surface area contributed by atoms with Crippen molar-refractivity contribution < 1.29 is 27.8 Å². The smallest absolute Gasteiger partial charge is 0.425 e. The van der Waals surface area contributed by atoms with Crippen LogP contribution in [0.2, 0.25) is 0 Å². The molecular formula is C13H13F3O3. The molecule has 1 N–H and O–H groups in total. The molecule has 1 atom stereocenters. The molecule has 0 amide bonds. The second-order valence-corrected chi connectivity index (χ2v) is 4.53. The van der Waals surface area contributed by atoms with Crippen molar-refractivity contribution in [1.29, 1.82) is 0 Å². The summed E-state index contributed by atoms with van der Waals surface area (Å²) in [6.45, 7) is 0. The van der Waals surface area contributed by atoms with E-state index in [1.165, 1.54) is 6.07 Å². The third kappa shape index (κ3) is 3.39. The number of hydrogen-bond donors (Lipinski definition) is 1. The van der Waals surface area contributed by atoms with E-state index in [9.17, 15) is 18.0 Å². The Morgan fingerprint density at radius 1 is 1.32 bits per heavy atom. The number of hydrogen-bond acceptors (Lipinski definition) is 2. The van der Waals surface area contributed by atoms with Gasteiger partial charge in [-0.05, 0) is 42.5 Å². The Morgan fingerprint density at radius 2 is 2.00 bits per heavy atom. The number of carboxylic acid groups (broad SMARTS) is 1. The second-order valence-electron chi connectivity index (χ2n) is 4.53. The number of alkyl halides is 3. The highest BCUT2D eigenvalue weighted by Gasteiger charge is 2.43. The molecule has 0 fully saturated rings. The number of aryl methyl sites for hydroxylation is 2. The zero-order valence-electron chi connectivity index (χ0n) is 10.0. The molecule has 0 saturated carbocycles. The highest BCUT2D eigenvalue weighted by atomic mass is 19.4. The van der Waals surface area contributed by atoms with Gasteiger partial charge >= 0.3 is 12.1 Å². The summed E-state index contributed by atoms with van der Waals surface area (Å²) >= 11 is 0. The minimum atomic E-state index is -4.70. The molecule has 0 radical (unpaired) electrons. The second kappa shape index (κ2) is 5.11. The van der Waals surface area contributed by atoms with Crippen LogP contribution < -0.4 is 4.74 Å². The molecule has 19 heavy (non-hydrogen) atoms. The lowest BCUT2D eigenvalue weighted by Gasteiger charge is -2.20. The monoisotopic (exact) mass is 274 g/mol. The predicted octanol–water partition coefficient (Wildman–Crippen LogP) is 2.96. The summed E-state index contributed by atoms with van der Waals surface area (Å²) in [5.41, 5.74) is 2.10. The summed E-state index contributed by atoms with van der Waals surface area (Å²) in [4.78, 5) is 10.5. The topological polar surface area (TPSA) is 46.5 Å². The van der Waals surface area contributed by atoms with Crippen molar-refractivity contribution in [3.05, 3.63) is 29.3 Å². The maximum atomic E-state index is 12.7. The molecule has 3 nitrogen and oxygen atoms in total. The van der Waals surface area contributed by atoms with Gasteiger partial charge in [0.05, 0.1) is 6.42 Å². The fraction of sp³-hybridized carbons (Fsp3) is 0.462. The maximum Gasteiger partial charge on any atom is 0.425 e. The number of fused-ring (bicyclic) bond motifs is 1. The van der Waals surface area contributed by atoms with Crippen LogP contribution in [0, 0.1) is 0 Å². The molecule has 1 unspecified atom stereocenters. The summed E-state index contributed by atoms with van der Waals surface area (Å²) in [7, 11) is 0. The Bertz CT molecular complexity index is 483. The molecule has 0 spiro atoms. The first-order chi connectivity index (χ1) is 8.86. The third-order valence-electron chi connectivity index (χ3n) is 3.07. The van der Waals surface area contributed by atoms with Gasteiger partial charge in [0.25, 0.3) is 0 Å². The molecule has 0 aliphatic heterocycles. The molecule has 0 heterocycles. The minimum absolute atomic E-state index is 0.0734. The summed E-state index contributed by atoms with van der Waals surface area (Å²) in [6.07, 6.45) is -5.38. The van der Waals surface area contributed by atoms with Crippen LogP contribution in [0.4, 0.5) is 13.2 Å². The fourth-order valence-corrected chi connectivity index (χ4v) is 2.17. The average molecular weight is 274 g/mol. The maximum absolute atomic E-state index is 12.7. The van der Waals surface area contributed by atoms with Crippen LogP contribution in [0.25, 0.3) is 0 Å². The van der Waals surface area contributed by atoms with Crippen molar-refractivity contribution in [2.75, 3.05) is 0 Å². The van der Waals surface area contributed by atoms with E-state index in [2.05, 4.69) is 0 Å². The number of benzene rings is 1. The highest BCUT2D eigenvalue weighted by Crippen LogP contribution is 2.30.